The summed E-state index contributed by atoms with van der Waals surface area (Å²) in [4.78, 5) is 16.8. The summed E-state index contributed by atoms with van der Waals surface area (Å²) in [6.07, 6.45) is 3.07. The largest absolute Gasteiger partial charge is 0.493 e. The van der Waals surface area contributed by atoms with E-state index in [2.05, 4.69) is 10.3 Å². The van der Waals surface area contributed by atoms with E-state index in [0.717, 1.165) is 11.0 Å². The van der Waals surface area contributed by atoms with Crippen molar-refractivity contribution >= 4 is 29.0 Å². The number of hydrogen-bond acceptors (Lipinski definition) is 5. The number of para-hydroxylation sites is 2. The summed E-state index contributed by atoms with van der Waals surface area (Å²) < 4.78 is 17.9. The van der Waals surface area contributed by atoms with Crippen LogP contribution in [-0.2, 0) is 11.8 Å². The number of nitrogens with zero attached hydrogens (tertiary/aromatic N) is 2. The van der Waals surface area contributed by atoms with Gasteiger partial charge in [0.05, 0.1) is 32.4 Å². The lowest BCUT2D eigenvalue weighted by atomic mass is 10.1. The summed E-state index contributed by atoms with van der Waals surface area (Å²) in [7, 11) is 6.48. The third kappa shape index (κ3) is 3.57. The molecule has 0 aliphatic heterocycles. The first-order chi connectivity index (χ1) is 13.1. The third-order valence-electron chi connectivity index (χ3n) is 4.17. The molecule has 0 aliphatic rings. The van der Waals surface area contributed by atoms with Gasteiger partial charge in [0.25, 0.3) is 5.91 Å². The number of nitrogens with one attached hydrogen (secondary N) is 1. The highest BCUT2D eigenvalue weighted by atomic mass is 16.5. The smallest absolute Gasteiger partial charge is 0.250 e. The van der Waals surface area contributed by atoms with Crippen LogP contribution in [0.3, 0.4) is 0 Å². The maximum Gasteiger partial charge on any atom is 0.250 e. The van der Waals surface area contributed by atoms with Crippen molar-refractivity contribution in [3.05, 3.63) is 48.0 Å². The Bertz CT molecular complexity index is 1010. The zero-order valence-corrected chi connectivity index (χ0v) is 15.6. The predicted octanol–water partition coefficient (Wildman–Crippen LogP) is 3.25. The van der Waals surface area contributed by atoms with Crippen LogP contribution in [-0.4, -0.2) is 36.8 Å². The highest BCUT2D eigenvalue weighted by Crippen LogP contribution is 2.40. The number of benzene rings is 2. The fourth-order valence-electron chi connectivity index (χ4n) is 2.83. The summed E-state index contributed by atoms with van der Waals surface area (Å²) >= 11 is 0. The Morgan fingerprint density at radius 2 is 1.78 bits per heavy atom. The Morgan fingerprint density at radius 1 is 1.04 bits per heavy atom. The fourth-order valence-corrected chi connectivity index (χ4v) is 2.83. The number of aryl methyl sites for hydroxylation is 1. The molecule has 0 unspecified atom stereocenters. The number of rotatable bonds is 6. The highest BCUT2D eigenvalue weighted by Gasteiger charge is 2.14. The van der Waals surface area contributed by atoms with Crippen LogP contribution < -0.4 is 19.5 Å². The van der Waals surface area contributed by atoms with E-state index in [4.69, 9.17) is 14.2 Å². The Balaban J connectivity index is 1.83. The van der Waals surface area contributed by atoms with Crippen molar-refractivity contribution in [2.75, 3.05) is 26.6 Å². The molecule has 27 heavy (non-hydrogen) atoms. The van der Waals surface area contributed by atoms with Crippen LogP contribution in [0.15, 0.2) is 42.5 Å². The number of carbonyl (C=O) groups is 1. The third-order valence-corrected chi connectivity index (χ3v) is 4.17. The molecule has 140 valence electrons. The number of hydrogen-bond donors (Lipinski definition) is 1. The number of aromatic nitrogens is 2. The molecule has 0 aliphatic carbocycles. The van der Waals surface area contributed by atoms with Gasteiger partial charge in [0.1, 0.15) is 0 Å². The first-order valence-electron chi connectivity index (χ1n) is 8.28. The van der Waals surface area contributed by atoms with Gasteiger partial charge < -0.3 is 18.8 Å². The molecule has 7 heteroatoms. The average molecular weight is 367 g/mol. The Kier molecular flexibility index (Phi) is 5.30. The Labute approximate surface area is 157 Å². The fraction of sp³-hybridized carbons (Fsp3) is 0.200. The summed E-state index contributed by atoms with van der Waals surface area (Å²) in [5.41, 5.74) is 2.45. The first kappa shape index (κ1) is 18.3. The quantitative estimate of drug-likeness (QED) is 0.677. The number of fused-ring (bicyclic) bond motifs is 1. The van der Waals surface area contributed by atoms with E-state index in [1.807, 2.05) is 35.9 Å². The number of amides is 1. The first-order valence-corrected chi connectivity index (χ1v) is 8.28. The van der Waals surface area contributed by atoms with Crippen LogP contribution in [0.2, 0.25) is 0 Å². The second-order valence-corrected chi connectivity index (χ2v) is 5.73. The number of methoxy groups -OCH3 is 3. The molecule has 0 saturated heterocycles. The Morgan fingerprint density at radius 3 is 2.44 bits per heavy atom. The van der Waals surface area contributed by atoms with Gasteiger partial charge in [-0.2, -0.15) is 0 Å². The molecule has 1 N–H and O–H groups in total. The van der Waals surface area contributed by atoms with Gasteiger partial charge in [-0.3, -0.25) is 10.1 Å². The molecule has 0 spiro atoms. The van der Waals surface area contributed by atoms with E-state index in [1.54, 1.807) is 25.3 Å². The maximum atomic E-state index is 12.3. The van der Waals surface area contributed by atoms with Crippen molar-refractivity contribution in [2.24, 2.45) is 7.05 Å². The van der Waals surface area contributed by atoms with Crippen molar-refractivity contribution in [3.63, 3.8) is 0 Å². The number of carbonyl (C=O) groups excluding carboxylic acids is 1. The van der Waals surface area contributed by atoms with E-state index in [1.165, 1.54) is 20.3 Å². The minimum atomic E-state index is -0.301. The van der Waals surface area contributed by atoms with Crippen LogP contribution in [0.5, 0.6) is 17.2 Å². The highest BCUT2D eigenvalue weighted by molar-refractivity contribution is 6.02. The van der Waals surface area contributed by atoms with E-state index in [-0.39, 0.29) is 5.91 Å². The normalized spacial score (nSPS) is 11.0. The second-order valence-electron chi connectivity index (χ2n) is 5.73. The SMILES string of the molecule is COc1ccc(/C=C/C(=O)Nc2nc3ccccc3n2C)c(OC)c1OC. The topological polar surface area (TPSA) is 74.6 Å². The molecule has 2 aromatic carbocycles. The lowest BCUT2D eigenvalue weighted by Gasteiger charge is -2.13. The second kappa shape index (κ2) is 7.82. The van der Waals surface area contributed by atoms with Gasteiger partial charge >= 0.3 is 0 Å². The van der Waals surface area contributed by atoms with Crippen LogP contribution in [0.4, 0.5) is 5.95 Å². The van der Waals surface area contributed by atoms with Crippen molar-refractivity contribution in [1.82, 2.24) is 9.55 Å². The molecule has 1 amide bonds. The molecule has 1 heterocycles. The van der Waals surface area contributed by atoms with Crippen molar-refractivity contribution < 1.29 is 19.0 Å². The lowest BCUT2D eigenvalue weighted by molar-refractivity contribution is -0.111. The predicted molar refractivity (Wildman–Crippen MR) is 104 cm³/mol. The monoisotopic (exact) mass is 367 g/mol. The molecule has 0 radical (unpaired) electrons. The molecule has 7 nitrogen and oxygen atoms in total. The van der Waals surface area contributed by atoms with Gasteiger partial charge in [-0.1, -0.05) is 12.1 Å². The van der Waals surface area contributed by atoms with Crippen LogP contribution in [0, 0.1) is 0 Å². The standard InChI is InChI=1S/C20H21N3O4/c1-23-15-8-6-5-7-14(15)21-20(23)22-17(24)12-10-13-9-11-16(25-2)19(27-4)18(13)26-3/h5-12H,1-4H3,(H,21,22,24)/b12-10+. The van der Waals surface area contributed by atoms with E-state index < -0.39 is 0 Å². The van der Waals surface area contributed by atoms with Crippen molar-refractivity contribution in [3.8, 4) is 17.2 Å². The molecule has 3 rings (SSSR count). The van der Waals surface area contributed by atoms with Crippen molar-refractivity contribution in [2.45, 2.75) is 0 Å². The number of ether oxygens (including phenoxy) is 3. The zero-order chi connectivity index (χ0) is 19.4. The van der Waals surface area contributed by atoms with E-state index in [0.29, 0.717) is 28.8 Å². The summed E-state index contributed by atoms with van der Waals surface area (Å²) in [6.45, 7) is 0. The van der Waals surface area contributed by atoms with Gasteiger partial charge in [-0.15, -0.1) is 0 Å². The summed E-state index contributed by atoms with van der Waals surface area (Å²) in [6, 6.07) is 11.2. The molecule has 0 bridgehead atoms. The zero-order valence-electron chi connectivity index (χ0n) is 15.6. The molecular weight excluding hydrogens is 346 g/mol. The summed E-state index contributed by atoms with van der Waals surface area (Å²) in [5.74, 6) is 1.69. The molecule has 0 fully saturated rings. The average Bonchev–Trinajstić information content (AvgIpc) is 3.01. The Hall–Kier alpha value is -3.48. The molecule has 0 atom stereocenters. The lowest BCUT2D eigenvalue weighted by Crippen LogP contribution is -2.11. The van der Waals surface area contributed by atoms with Crippen molar-refractivity contribution in [1.29, 1.82) is 0 Å². The maximum absolute atomic E-state index is 12.3. The van der Waals surface area contributed by atoms with Gasteiger partial charge in [-0.05, 0) is 30.3 Å². The molecular formula is C20H21N3O4. The van der Waals surface area contributed by atoms with E-state index >= 15 is 0 Å². The molecule has 1 aromatic heterocycles. The molecule has 3 aromatic rings. The molecule has 0 saturated carbocycles. The van der Waals surface area contributed by atoms with Gasteiger partial charge in [0.15, 0.2) is 11.5 Å². The minimum Gasteiger partial charge on any atom is -0.493 e. The van der Waals surface area contributed by atoms with Gasteiger partial charge in [0.2, 0.25) is 11.7 Å². The van der Waals surface area contributed by atoms with Gasteiger partial charge in [0, 0.05) is 18.7 Å². The van der Waals surface area contributed by atoms with Crippen LogP contribution >= 0.6 is 0 Å². The van der Waals surface area contributed by atoms with Crippen LogP contribution in [0.25, 0.3) is 17.1 Å². The van der Waals surface area contributed by atoms with Gasteiger partial charge in [-0.25, -0.2) is 4.98 Å². The van der Waals surface area contributed by atoms with Crippen LogP contribution in [0.1, 0.15) is 5.56 Å². The van der Waals surface area contributed by atoms with E-state index in [9.17, 15) is 4.79 Å². The minimum absolute atomic E-state index is 0.301. The number of imidazole rings is 1. The summed E-state index contributed by atoms with van der Waals surface area (Å²) in [5, 5.41) is 2.79. The number of anilines is 1.